The summed E-state index contributed by atoms with van der Waals surface area (Å²) in [5, 5.41) is 5.97. The van der Waals surface area contributed by atoms with Gasteiger partial charge in [0.1, 0.15) is 31.9 Å². The number of amides is 2. The van der Waals surface area contributed by atoms with Crippen LogP contribution in [0.2, 0.25) is 0 Å². The molecular weight excluding hydrogens is 344 g/mol. The molecule has 0 aromatic heterocycles. The summed E-state index contributed by atoms with van der Waals surface area (Å²) in [4.78, 5) is 27.0. The van der Waals surface area contributed by atoms with E-state index in [-0.39, 0.29) is 23.9 Å². The number of piperazine rings is 1. The molecule has 4 N–H and O–H groups in total. The first kappa shape index (κ1) is 21.2. The van der Waals surface area contributed by atoms with Crippen molar-refractivity contribution in [2.75, 3.05) is 39.8 Å². The molecule has 1 aromatic rings. The Kier molecular flexibility index (Phi) is 8.06. The molecule has 2 amide bonds. The summed E-state index contributed by atoms with van der Waals surface area (Å²) in [5.74, 6) is 0.987. The van der Waals surface area contributed by atoms with Crippen LogP contribution in [0.5, 0.6) is 5.75 Å². The second kappa shape index (κ2) is 10.3. The van der Waals surface area contributed by atoms with Crippen LogP contribution in [0.4, 0.5) is 0 Å². The van der Waals surface area contributed by atoms with Gasteiger partial charge in [0.05, 0.1) is 7.11 Å². The highest BCUT2D eigenvalue weighted by Gasteiger charge is 2.31. The van der Waals surface area contributed by atoms with Gasteiger partial charge in [-0.2, -0.15) is 0 Å². The molecule has 1 aliphatic heterocycles. The maximum Gasteiger partial charge on any atom is 0.278 e. The zero-order chi connectivity index (χ0) is 19.8. The van der Waals surface area contributed by atoms with E-state index in [4.69, 9.17) is 4.74 Å². The standard InChI is InChI=1S/C20H32N4O3/c1-15(2)22-19(25)14-23-9-11-24(12-10-23)16(3)20(26)21-13-17-5-7-18(27-4)8-6-17/h5-8,15-16H,9-14H2,1-4H3,(H,21,26)(H,22,25)/p+2/t16-/m0/s1. The number of ether oxygens (including phenoxy) is 1. The van der Waals surface area contributed by atoms with Gasteiger partial charge in [0.25, 0.3) is 11.8 Å². The average Bonchev–Trinajstić information content (AvgIpc) is 2.65. The van der Waals surface area contributed by atoms with E-state index in [1.54, 1.807) is 7.11 Å². The largest absolute Gasteiger partial charge is 0.497 e. The van der Waals surface area contributed by atoms with Crippen molar-refractivity contribution in [2.24, 2.45) is 0 Å². The molecular formula is C20H34N4O3+2. The van der Waals surface area contributed by atoms with Crippen molar-refractivity contribution in [1.29, 1.82) is 0 Å². The smallest absolute Gasteiger partial charge is 0.278 e. The zero-order valence-corrected chi connectivity index (χ0v) is 16.9. The lowest BCUT2D eigenvalue weighted by atomic mass is 10.2. The third-order valence-electron chi connectivity index (χ3n) is 5.09. The van der Waals surface area contributed by atoms with Gasteiger partial charge in [-0.1, -0.05) is 12.1 Å². The number of quaternary nitrogens is 2. The first-order chi connectivity index (χ1) is 12.9. The third-order valence-corrected chi connectivity index (χ3v) is 5.09. The molecule has 7 nitrogen and oxygen atoms in total. The third kappa shape index (κ3) is 6.84. The topological polar surface area (TPSA) is 76.3 Å². The minimum absolute atomic E-state index is 0.0711. The van der Waals surface area contributed by atoms with Gasteiger partial charge in [-0.3, -0.25) is 9.59 Å². The first-order valence-electron chi connectivity index (χ1n) is 9.77. The van der Waals surface area contributed by atoms with Crippen molar-refractivity contribution in [3.05, 3.63) is 29.8 Å². The summed E-state index contributed by atoms with van der Waals surface area (Å²) in [7, 11) is 1.64. The normalized spacial score (nSPS) is 20.8. The fourth-order valence-corrected chi connectivity index (χ4v) is 3.41. The predicted octanol–water partition coefficient (Wildman–Crippen LogP) is -1.99. The van der Waals surface area contributed by atoms with Gasteiger partial charge < -0.3 is 25.2 Å². The molecule has 0 spiro atoms. The Balaban J connectivity index is 1.73. The SMILES string of the molecule is COc1ccc(CNC(=O)[C@H](C)[NH+]2CC[NH+](CC(=O)NC(C)C)CC2)cc1. The summed E-state index contributed by atoms with van der Waals surface area (Å²) in [6.07, 6.45) is 0. The minimum Gasteiger partial charge on any atom is -0.497 e. The highest BCUT2D eigenvalue weighted by molar-refractivity contribution is 5.79. The lowest BCUT2D eigenvalue weighted by molar-refractivity contribution is -1.01. The number of rotatable bonds is 8. The van der Waals surface area contributed by atoms with Gasteiger partial charge in [0.2, 0.25) is 0 Å². The van der Waals surface area contributed by atoms with Crippen LogP contribution < -0.4 is 25.2 Å². The number of hydrogen-bond acceptors (Lipinski definition) is 3. The first-order valence-corrected chi connectivity index (χ1v) is 9.77. The van der Waals surface area contributed by atoms with Gasteiger partial charge in [-0.25, -0.2) is 0 Å². The Morgan fingerprint density at radius 2 is 1.70 bits per heavy atom. The predicted molar refractivity (Wildman–Crippen MR) is 104 cm³/mol. The van der Waals surface area contributed by atoms with E-state index in [1.807, 2.05) is 45.0 Å². The second-order valence-corrected chi connectivity index (χ2v) is 7.59. The van der Waals surface area contributed by atoms with Crippen LogP contribution in [0.3, 0.4) is 0 Å². The number of methoxy groups -OCH3 is 1. The Morgan fingerprint density at radius 1 is 1.07 bits per heavy atom. The van der Waals surface area contributed by atoms with Gasteiger partial charge in [-0.15, -0.1) is 0 Å². The van der Waals surface area contributed by atoms with Crippen LogP contribution in [0, 0.1) is 0 Å². The maximum absolute atomic E-state index is 12.5. The van der Waals surface area contributed by atoms with Crippen LogP contribution >= 0.6 is 0 Å². The summed E-state index contributed by atoms with van der Waals surface area (Å²) in [6.45, 7) is 10.6. The monoisotopic (exact) mass is 378 g/mol. The Morgan fingerprint density at radius 3 is 2.26 bits per heavy atom. The molecule has 1 heterocycles. The van der Waals surface area contributed by atoms with Crippen molar-refractivity contribution in [3.63, 3.8) is 0 Å². The molecule has 0 unspecified atom stereocenters. The van der Waals surface area contributed by atoms with E-state index in [0.29, 0.717) is 13.1 Å². The highest BCUT2D eigenvalue weighted by atomic mass is 16.5. The highest BCUT2D eigenvalue weighted by Crippen LogP contribution is 2.10. The van der Waals surface area contributed by atoms with E-state index >= 15 is 0 Å². The minimum atomic E-state index is -0.0886. The van der Waals surface area contributed by atoms with Crippen LogP contribution in [0.25, 0.3) is 0 Å². The molecule has 27 heavy (non-hydrogen) atoms. The van der Waals surface area contributed by atoms with Crippen LogP contribution in [0.1, 0.15) is 26.3 Å². The van der Waals surface area contributed by atoms with Crippen LogP contribution in [0.15, 0.2) is 24.3 Å². The van der Waals surface area contributed by atoms with Gasteiger partial charge in [0, 0.05) is 12.6 Å². The summed E-state index contributed by atoms with van der Waals surface area (Å²) < 4.78 is 5.15. The molecule has 1 saturated heterocycles. The number of benzene rings is 1. The van der Waals surface area contributed by atoms with E-state index in [1.165, 1.54) is 9.80 Å². The summed E-state index contributed by atoms with van der Waals surface area (Å²) in [6, 6.07) is 7.80. The fourth-order valence-electron chi connectivity index (χ4n) is 3.41. The molecule has 1 atom stereocenters. The molecule has 0 bridgehead atoms. The van der Waals surface area contributed by atoms with Crippen LogP contribution in [-0.4, -0.2) is 63.7 Å². The average molecular weight is 379 g/mol. The van der Waals surface area contributed by atoms with Crippen molar-refractivity contribution in [1.82, 2.24) is 10.6 Å². The van der Waals surface area contributed by atoms with E-state index in [0.717, 1.165) is 37.5 Å². The quantitative estimate of drug-likeness (QED) is 0.423. The van der Waals surface area contributed by atoms with Crippen LogP contribution in [-0.2, 0) is 16.1 Å². The van der Waals surface area contributed by atoms with E-state index in [9.17, 15) is 9.59 Å². The molecule has 0 radical (unpaired) electrons. The molecule has 1 aliphatic rings. The summed E-state index contributed by atoms with van der Waals surface area (Å²) >= 11 is 0. The Labute approximate surface area is 162 Å². The number of carbonyl (C=O) groups excluding carboxylic acids is 2. The molecule has 1 aromatic carbocycles. The van der Waals surface area contributed by atoms with Gasteiger partial charge >= 0.3 is 0 Å². The number of nitrogens with one attached hydrogen (secondary N) is 4. The fraction of sp³-hybridized carbons (Fsp3) is 0.600. The molecule has 7 heteroatoms. The second-order valence-electron chi connectivity index (χ2n) is 7.59. The Hall–Kier alpha value is -2.12. The molecule has 0 aliphatic carbocycles. The maximum atomic E-state index is 12.5. The van der Waals surface area contributed by atoms with Gasteiger partial charge in [0.15, 0.2) is 12.6 Å². The lowest BCUT2D eigenvalue weighted by Crippen LogP contribution is -3.30. The molecule has 1 fully saturated rings. The lowest BCUT2D eigenvalue weighted by Gasteiger charge is -2.32. The van der Waals surface area contributed by atoms with Crippen molar-refractivity contribution < 1.29 is 24.1 Å². The number of hydrogen-bond donors (Lipinski definition) is 4. The number of carbonyl (C=O) groups is 2. The van der Waals surface area contributed by atoms with Crippen molar-refractivity contribution in [2.45, 2.75) is 39.4 Å². The van der Waals surface area contributed by atoms with Crippen molar-refractivity contribution in [3.8, 4) is 5.75 Å². The van der Waals surface area contributed by atoms with Gasteiger partial charge in [-0.05, 0) is 38.5 Å². The molecule has 2 rings (SSSR count). The Bertz CT molecular complexity index is 610. The molecule has 0 saturated carbocycles. The molecule has 150 valence electrons. The van der Waals surface area contributed by atoms with E-state index < -0.39 is 0 Å². The zero-order valence-electron chi connectivity index (χ0n) is 16.9. The van der Waals surface area contributed by atoms with Crippen molar-refractivity contribution >= 4 is 11.8 Å². The summed E-state index contributed by atoms with van der Waals surface area (Å²) in [5.41, 5.74) is 1.05. The van der Waals surface area contributed by atoms with E-state index in [2.05, 4.69) is 10.6 Å².